The van der Waals surface area contributed by atoms with Crippen LogP contribution in [0.4, 0.5) is 5.13 Å². The second-order valence-corrected chi connectivity index (χ2v) is 9.69. The number of carboxylic acid groups (broad SMARTS) is 1. The van der Waals surface area contributed by atoms with Crippen LogP contribution in [-0.2, 0) is 20.8 Å². The number of thioether (sulfide) groups is 1. The van der Waals surface area contributed by atoms with Crippen LogP contribution in [0, 0.1) is 5.41 Å². The largest absolute Gasteiger partial charge is 0.480 e. The Labute approximate surface area is 187 Å². The average molecular weight is 481 g/mol. The molecule has 2 saturated heterocycles. The summed E-state index contributed by atoms with van der Waals surface area (Å²) in [5.74, 6) is -2.24. The fourth-order valence-electron chi connectivity index (χ4n) is 3.40. The predicted octanol–water partition coefficient (Wildman–Crippen LogP) is 1.04. The van der Waals surface area contributed by atoms with Crippen molar-refractivity contribution >= 4 is 68.5 Å². The molecule has 0 radical (unpaired) electrons. The number of carbonyl (C=O) groups is 3. The summed E-state index contributed by atoms with van der Waals surface area (Å²) in [5.41, 5.74) is 5.61. The fourth-order valence-corrected chi connectivity index (χ4v) is 5.82. The molecule has 2 unspecified atom stereocenters. The third kappa shape index (κ3) is 3.77. The molecule has 5 N–H and O–H groups in total. The minimum absolute atomic E-state index is 0.127. The van der Waals surface area contributed by atoms with Crippen molar-refractivity contribution in [2.24, 2.45) is 10.6 Å². The number of rotatable bonds is 6. The van der Waals surface area contributed by atoms with Gasteiger partial charge in [0, 0.05) is 16.5 Å². The minimum Gasteiger partial charge on any atom is -0.480 e. The van der Waals surface area contributed by atoms with Crippen molar-refractivity contribution in [2.75, 3.05) is 5.73 Å². The van der Waals surface area contributed by atoms with Gasteiger partial charge in [0.1, 0.15) is 11.2 Å². The van der Waals surface area contributed by atoms with Crippen LogP contribution < -0.4 is 11.1 Å². The highest BCUT2D eigenvalue weighted by molar-refractivity contribution is 8.14. The van der Waals surface area contributed by atoms with Gasteiger partial charge in [-0.25, -0.2) is 4.98 Å². The highest BCUT2D eigenvalue weighted by Crippen LogP contribution is 2.48. The van der Waals surface area contributed by atoms with E-state index in [0.29, 0.717) is 15.7 Å². The summed E-state index contributed by atoms with van der Waals surface area (Å²) in [6.45, 7) is 0. The van der Waals surface area contributed by atoms with Crippen molar-refractivity contribution in [3.8, 4) is 0 Å². The first-order valence-electron chi connectivity index (χ1n) is 8.86. The molecule has 0 aromatic carbocycles. The number of thiazole rings is 2. The first kappa shape index (κ1) is 21.3. The Morgan fingerprint density at radius 2 is 2.26 bits per heavy atom. The van der Waals surface area contributed by atoms with Crippen LogP contribution >= 0.6 is 34.4 Å². The number of β-lactam (4-membered cyclic amide) rings is 1. The number of carbonyl (C=O) groups excluding carboxylic acids is 2. The number of hydrogen-bond acceptors (Lipinski definition) is 11. The number of aliphatic carboxylic acids is 1. The van der Waals surface area contributed by atoms with E-state index in [1.807, 2.05) is 0 Å². The Kier molecular flexibility index (Phi) is 5.68. The zero-order valence-corrected chi connectivity index (χ0v) is 18.1. The summed E-state index contributed by atoms with van der Waals surface area (Å²) in [7, 11) is 0. The van der Waals surface area contributed by atoms with Crippen LogP contribution in [0.2, 0.25) is 0 Å². The maximum atomic E-state index is 12.8. The van der Waals surface area contributed by atoms with Gasteiger partial charge in [-0.2, -0.15) is 0 Å². The number of hydrogen-bond donors (Lipinski definition) is 4. The quantitative estimate of drug-likeness (QED) is 0.268. The zero-order chi connectivity index (χ0) is 22.2. The van der Waals surface area contributed by atoms with Crippen molar-refractivity contribution in [1.82, 2.24) is 20.2 Å². The number of nitrogens with one attached hydrogen (secondary N) is 1. The molecular weight excluding hydrogens is 464 g/mol. The van der Waals surface area contributed by atoms with Crippen molar-refractivity contribution in [1.29, 1.82) is 0 Å². The van der Waals surface area contributed by atoms with E-state index in [1.165, 1.54) is 39.7 Å². The summed E-state index contributed by atoms with van der Waals surface area (Å²) < 4.78 is 0. The summed E-state index contributed by atoms with van der Waals surface area (Å²) >= 11 is 3.43. The third-order valence-electron chi connectivity index (χ3n) is 4.87. The summed E-state index contributed by atoms with van der Waals surface area (Å²) in [6.07, 6.45) is 3.08. The first-order chi connectivity index (χ1) is 14.8. The van der Waals surface area contributed by atoms with Crippen molar-refractivity contribution < 1.29 is 24.7 Å². The molecule has 11 nitrogen and oxygen atoms in total. The summed E-state index contributed by atoms with van der Waals surface area (Å²) in [6, 6.07) is 0. The molecule has 14 heteroatoms. The molecule has 0 spiro atoms. The maximum Gasteiger partial charge on any atom is 0.324 e. The number of oxime groups is 1. The molecule has 0 saturated carbocycles. The molecule has 2 aromatic heterocycles. The molecule has 2 fully saturated rings. The Morgan fingerprint density at radius 1 is 1.45 bits per heavy atom. The first-order valence-corrected chi connectivity index (χ1v) is 11.5. The molecule has 4 heterocycles. The second kappa shape index (κ2) is 8.28. The smallest absolute Gasteiger partial charge is 0.324 e. The molecule has 2 aliphatic heterocycles. The van der Waals surface area contributed by atoms with Gasteiger partial charge in [0.2, 0.25) is 11.8 Å². The standard InChI is InChI=1S/C17H16N6O5S3/c18-16-20-8(6-29-16)3-10(24)21-13-17(15(26)27,2-1-9-5-19-7-30-9)14(22-28)31-12-4-11(25)23(12)13/h1-2,5-7,12-13,28H,3-4H2,(H2,18,20)(H,21,24)(H,26,27)/t12-,13?,17?/m1/s1. The number of aromatic nitrogens is 2. The third-order valence-corrected chi connectivity index (χ3v) is 7.65. The summed E-state index contributed by atoms with van der Waals surface area (Å²) in [4.78, 5) is 47.6. The molecule has 0 aliphatic carbocycles. The second-order valence-electron chi connectivity index (χ2n) is 6.72. The molecule has 3 atom stereocenters. The Hall–Kier alpha value is -2.97. The molecule has 2 aromatic rings. The van der Waals surface area contributed by atoms with Gasteiger partial charge in [-0.15, -0.1) is 22.7 Å². The minimum atomic E-state index is -1.99. The molecule has 0 bridgehead atoms. The highest BCUT2D eigenvalue weighted by atomic mass is 32.2. The Morgan fingerprint density at radius 3 is 2.84 bits per heavy atom. The van der Waals surface area contributed by atoms with Crippen LogP contribution in [-0.4, -0.2) is 59.5 Å². The molecular formula is C17H16N6O5S3. The molecule has 2 amide bonds. The van der Waals surface area contributed by atoms with Gasteiger partial charge in [-0.05, 0) is 6.08 Å². The zero-order valence-electron chi connectivity index (χ0n) is 15.7. The van der Waals surface area contributed by atoms with Gasteiger partial charge in [0.05, 0.1) is 29.4 Å². The molecule has 4 rings (SSSR count). The van der Waals surface area contributed by atoms with Crippen LogP contribution in [0.3, 0.4) is 0 Å². The van der Waals surface area contributed by atoms with E-state index in [1.54, 1.807) is 17.1 Å². The van der Waals surface area contributed by atoms with Crippen LogP contribution in [0.15, 0.2) is 28.3 Å². The van der Waals surface area contributed by atoms with Crippen LogP contribution in [0.25, 0.3) is 6.08 Å². The maximum absolute atomic E-state index is 12.8. The normalized spacial score (nSPS) is 26.6. The number of nitrogen functional groups attached to an aromatic ring is 1. The number of fused-ring (bicyclic) bond motifs is 1. The van der Waals surface area contributed by atoms with Crippen LogP contribution in [0.5, 0.6) is 0 Å². The van der Waals surface area contributed by atoms with E-state index in [2.05, 4.69) is 20.4 Å². The SMILES string of the molecule is Nc1nc(CC(=O)NC2N3C(=O)C[C@H]3SC(=NO)C2(C=Cc2cncs2)C(=O)O)cs1. The van der Waals surface area contributed by atoms with Crippen molar-refractivity contribution in [2.45, 2.75) is 24.4 Å². The van der Waals surface area contributed by atoms with Gasteiger partial charge in [-0.3, -0.25) is 19.4 Å². The van der Waals surface area contributed by atoms with E-state index in [0.717, 1.165) is 11.8 Å². The molecule has 2 aliphatic rings. The van der Waals surface area contributed by atoms with Crippen molar-refractivity contribution in [3.05, 3.63) is 33.7 Å². The van der Waals surface area contributed by atoms with E-state index < -0.39 is 28.8 Å². The van der Waals surface area contributed by atoms with E-state index >= 15 is 0 Å². The summed E-state index contributed by atoms with van der Waals surface area (Å²) in [5, 5.41) is 27.1. The van der Waals surface area contributed by atoms with Gasteiger partial charge in [0.25, 0.3) is 0 Å². The van der Waals surface area contributed by atoms with Gasteiger partial charge < -0.3 is 26.3 Å². The van der Waals surface area contributed by atoms with Crippen molar-refractivity contribution in [3.63, 3.8) is 0 Å². The fraction of sp³-hybridized carbons (Fsp3) is 0.294. The number of carboxylic acids is 1. The lowest BCUT2D eigenvalue weighted by Crippen LogP contribution is -2.73. The van der Waals surface area contributed by atoms with Crippen LogP contribution in [0.1, 0.15) is 17.0 Å². The van der Waals surface area contributed by atoms with Gasteiger partial charge >= 0.3 is 5.97 Å². The number of anilines is 1. The number of nitrogens with two attached hydrogens (primary N) is 1. The monoisotopic (exact) mass is 480 g/mol. The number of amides is 2. The van der Waals surface area contributed by atoms with E-state index in [-0.39, 0.29) is 23.8 Å². The van der Waals surface area contributed by atoms with E-state index in [9.17, 15) is 24.7 Å². The van der Waals surface area contributed by atoms with E-state index in [4.69, 9.17) is 5.73 Å². The topological polar surface area (TPSA) is 171 Å². The number of nitrogens with zero attached hydrogens (tertiary/aromatic N) is 4. The predicted molar refractivity (Wildman–Crippen MR) is 115 cm³/mol. The molecule has 162 valence electrons. The highest BCUT2D eigenvalue weighted by Gasteiger charge is 2.62. The lowest BCUT2D eigenvalue weighted by atomic mass is 9.81. The Balaban J connectivity index is 1.72. The van der Waals surface area contributed by atoms with Gasteiger partial charge in [-0.1, -0.05) is 23.0 Å². The Bertz CT molecular complexity index is 1080. The lowest BCUT2D eigenvalue weighted by molar-refractivity contribution is -0.157. The molecule has 31 heavy (non-hydrogen) atoms. The lowest BCUT2D eigenvalue weighted by Gasteiger charge is -2.54. The average Bonchev–Trinajstić information content (AvgIpc) is 3.37. The van der Waals surface area contributed by atoms with Gasteiger partial charge in [0.15, 0.2) is 10.5 Å².